The van der Waals surface area contributed by atoms with Crippen molar-refractivity contribution in [2.24, 2.45) is 5.92 Å². The van der Waals surface area contributed by atoms with Gasteiger partial charge in [-0.25, -0.2) is 0 Å². The molecule has 0 saturated heterocycles. The van der Waals surface area contributed by atoms with E-state index in [1.165, 1.54) is 7.11 Å². The minimum Gasteiger partial charge on any atom is -0.493 e. The van der Waals surface area contributed by atoms with Crippen molar-refractivity contribution in [3.05, 3.63) is 28.8 Å². The lowest BCUT2D eigenvalue weighted by molar-refractivity contribution is -0.125. The van der Waals surface area contributed by atoms with Crippen LogP contribution in [-0.4, -0.2) is 31.3 Å². The summed E-state index contributed by atoms with van der Waals surface area (Å²) in [6, 6.07) is 3.87. The normalized spacial score (nSPS) is 18.5. The number of nitrogens with one attached hydrogen (secondary N) is 1. The Morgan fingerprint density at radius 1 is 1.50 bits per heavy atom. The molecule has 0 spiro atoms. The van der Waals surface area contributed by atoms with E-state index in [2.05, 4.69) is 5.32 Å². The van der Waals surface area contributed by atoms with Gasteiger partial charge < -0.3 is 19.9 Å². The van der Waals surface area contributed by atoms with Crippen molar-refractivity contribution in [1.82, 2.24) is 5.32 Å². The number of aryl methyl sites for hydroxylation is 1. The van der Waals surface area contributed by atoms with Gasteiger partial charge in [0.15, 0.2) is 0 Å². The minimum absolute atomic E-state index is 0.0416. The maximum absolute atomic E-state index is 11.8. The van der Waals surface area contributed by atoms with E-state index in [1.54, 1.807) is 0 Å². The second kappa shape index (κ2) is 7.11. The summed E-state index contributed by atoms with van der Waals surface area (Å²) in [6.07, 6.45) is 0.130. The van der Waals surface area contributed by atoms with Gasteiger partial charge in [-0.3, -0.25) is 4.79 Å². The molecule has 2 rings (SSSR count). The highest BCUT2D eigenvalue weighted by atomic mass is 16.5. The number of fused-ring (bicyclic) bond motifs is 1. The summed E-state index contributed by atoms with van der Waals surface area (Å²) in [7, 11) is 1.50. The fraction of sp³-hybridized carbons (Fsp3) is 0.588. The van der Waals surface area contributed by atoms with Crippen LogP contribution >= 0.6 is 0 Å². The van der Waals surface area contributed by atoms with Gasteiger partial charge >= 0.3 is 0 Å². The Morgan fingerprint density at radius 2 is 2.23 bits per heavy atom. The Kier molecular flexibility index (Phi) is 5.42. The van der Waals surface area contributed by atoms with E-state index in [-0.39, 0.29) is 24.5 Å². The van der Waals surface area contributed by atoms with Crippen LogP contribution in [0, 0.1) is 12.8 Å². The Balaban J connectivity index is 2.36. The molecule has 1 aliphatic rings. The SMILES string of the molecule is COCC(=O)NC1CCOc2c1cc(C)cc2C(O)C(C)C. The summed E-state index contributed by atoms with van der Waals surface area (Å²) >= 11 is 0. The number of rotatable bonds is 5. The largest absolute Gasteiger partial charge is 0.493 e. The molecular formula is C17H25NO4. The average Bonchev–Trinajstić information content (AvgIpc) is 2.46. The van der Waals surface area contributed by atoms with Crippen LogP contribution in [-0.2, 0) is 9.53 Å². The molecule has 5 nitrogen and oxygen atoms in total. The van der Waals surface area contributed by atoms with Crippen molar-refractivity contribution in [2.45, 2.75) is 39.3 Å². The van der Waals surface area contributed by atoms with Crippen molar-refractivity contribution in [3.63, 3.8) is 0 Å². The number of hydrogen-bond acceptors (Lipinski definition) is 4. The number of aliphatic hydroxyl groups excluding tert-OH is 1. The van der Waals surface area contributed by atoms with Gasteiger partial charge in [0.25, 0.3) is 0 Å². The Labute approximate surface area is 131 Å². The summed E-state index contributed by atoms with van der Waals surface area (Å²) in [4.78, 5) is 11.8. The summed E-state index contributed by atoms with van der Waals surface area (Å²) in [5.74, 6) is 0.659. The predicted octanol–water partition coefficient (Wildman–Crippen LogP) is 2.27. The lowest BCUT2D eigenvalue weighted by Gasteiger charge is -2.30. The molecular weight excluding hydrogens is 282 g/mol. The first-order valence-corrected chi connectivity index (χ1v) is 7.67. The number of carbonyl (C=O) groups excluding carboxylic acids is 1. The fourth-order valence-electron chi connectivity index (χ4n) is 2.79. The quantitative estimate of drug-likeness (QED) is 0.875. The van der Waals surface area contributed by atoms with Gasteiger partial charge in [-0.15, -0.1) is 0 Å². The van der Waals surface area contributed by atoms with Gasteiger partial charge in [-0.05, 0) is 18.9 Å². The number of carbonyl (C=O) groups is 1. The van der Waals surface area contributed by atoms with Gasteiger partial charge in [-0.2, -0.15) is 0 Å². The molecule has 5 heteroatoms. The van der Waals surface area contributed by atoms with E-state index in [0.717, 1.165) is 16.7 Å². The van der Waals surface area contributed by atoms with E-state index in [4.69, 9.17) is 9.47 Å². The molecule has 0 saturated carbocycles. The van der Waals surface area contributed by atoms with Gasteiger partial charge in [0.1, 0.15) is 12.4 Å². The van der Waals surface area contributed by atoms with Crippen molar-refractivity contribution in [1.29, 1.82) is 0 Å². The number of benzene rings is 1. The molecule has 0 aromatic heterocycles. The highest BCUT2D eigenvalue weighted by Gasteiger charge is 2.28. The Morgan fingerprint density at radius 3 is 2.86 bits per heavy atom. The van der Waals surface area contributed by atoms with Crippen molar-refractivity contribution in [3.8, 4) is 5.75 Å². The molecule has 2 atom stereocenters. The van der Waals surface area contributed by atoms with E-state index in [1.807, 2.05) is 32.9 Å². The standard InChI is InChI=1S/C17H25NO4/c1-10(2)16(20)13-8-11(3)7-12-14(5-6-22-17(12)13)18-15(19)9-21-4/h7-8,10,14,16,20H,5-6,9H2,1-4H3,(H,18,19). The summed E-state index contributed by atoms with van der Waals surface area (Å²) in [6.45, 7) is 6.49. The predicted molar refractivity (Wildman–Crippen MR) is 83.8 cm³/mol. The smallest absolute Gasteiger partial charge is 0.246 e. The van der Waals surface area contributed by atoms with Crippen molar-refractivity contribution < 1.29 is 19.4 Å². The third-order valence-corrected chi connectivity index (χ3v) is 3.88. The number of amides is 1. The molecule has 2 unspecified atom stereocenters. The molecule has 1 amide bonds. The Bertz CT molecular complexity index is 542. The average molecular weight is 307 g/mol. The van der Waals surface area contributed by atoms with Crippen molar-refractivity contribution in [2.75, 3.05) is 20.3 Å². The molecule has 0 bridgehead atoms. The molecule has 122 valence electrons. The van der Waals surface area contributed by atoms with Crippen LogP contribution in [0.4, 0.5) is 0 Å². The highest BCUT2D eigenvalue weighted by molar-refractivity contribution is 5.78. The van der Waals surface area contributed by atoms with Crippen LogP contribution in [0.5, 0.6) is 5.75 Å². The van der Waals surface area contributed by atoms with E-state index < -0.39 is 6.10 Å². The first-order chi connectivity index (χ1) is 10.4. The molecule has 1 aliphatic heterocycles. The van der Waals surface area contributed by atoms with E-state index in [0.29, 0.717) is 18.8 Å². The van der Waals surface area contributed by atoms with Crippen LogP contribution in [0.25, 0.3) is 0 Å². The van der Waals surface area contributed by atoms with E-state index in [9.17, 15) is 9.90 Å². The molecule has 2 N–H and O–H groups in total. The van der Waals surface area contributed by atoms with Gasteiger partial charge in [-0.1, -0.05) is 25.5 Å². The lowest BCUT2D eigenvalue weighted by Crippen LogP contribution is -2.34. The lowest BCUT2D eigenvalue weighted by atomic mass is 9.90. The first kappa shape index (κ1) is 16.8. The van der Waals surface area contributed by atoms with Crippen LogP contribution in [0.15, 0.2) is 12.1 Å². The minimum atomic E-state index is -0.581. The van der Waals surface area contributed by atoms with Gasteiger partial charge in [0, 0.05) is 24.7 Å². The molecule has 22 heavy (non-hydrogen) atoms. The molecule has 0 radical (unpaired) electrons. The number of aliphatic hydroxyl groups is 1. The summed E-state index contributed by atoms with van der Waals surface area (Å²) in [5, 5.41) is 13.4. The molecule has 1 heterocycles. The first-order valence-electron chi connectivity index (χ1n) is 7.67. The molecule has 1 aromatic rings. The summed E-state index contributed by atoms with van der Waals surface area (Å²) in [5.41, 5.74) is 2.78. The Hall–Kier alpha value is -1.59. The number of ether oxygens (including phenoxy) is 2. The third-order valence-electron chi connectivity index (χ3n) is 3.88. The maximum atomic E-state index is 11.8. The maximum Gasteiger partial charge on any atom is 0.246 e. The zero-order chi connectivity index (χ0) is 16.3. The number of methoxy groups -OCH3 is 1. The molecule has 1 aromatic carbocycles. The highest BCUT2D eigenvalue weighted by Crippen LogP contribution is 2.40. The van der Waals surface area contributed by atoms with E-state index >= 15 is 0 Å². The van der Waals surface area contributed by atoms with Crippen LogP contribution in [0.3, 0.4) is 0 Å². The summed E-state index contributed by atoms with van der Waals surface area (Å²) < 4.78 is 10.7. The van der Waals surface area contributed by atoms with Crippen LogP contribution in [0.1, 0.15) is 49.1 Å². The van der Waals surface area contributed by atoms with Gasteiger partial charge in [0.05, 0.1) is 18.8 Å². The third kappa shape index (κ3) is 3.59. The van der Waals surface area contributed by atoms with Crippen LogP contribution in [0.2, 0.25) is 0 Å². The molecule has 0 fully saturated rings. The van der Waals surface area contributed by atoms with Crippen LogP contribution < -0.4 is 10.1 Å². The topological polar surface area (TPSA) is 67.8 Å². The zero-order valence-electron chi connectivity index (χ0n) is 13.7. The second-order valence-electron chi connectivity index (χ2n) is 6.15. The zero-order valence-corrected chi connectivity index (χ0v) is 13.7. The number of hydrogen-bond donors (Lipinski definition) is 2. The fourth-order valence-corrected chi connectivity index (χ4v) is 2.79. The monoisotopic (exact) mass is 307 g/mol. The molecule has 0 aliphatic carbocycles. The second-order valence-corrected chi connectivity index (χ2v) is 6.15. The van der Waals surface area contributed by atoms with Crippen molar-refractivity contribution >= 4 is 5.91 Å². The van der Waals surface area contributed by atoms with Gasteiger partial charge in [0.2, 0.25) is 5.91 Å².